The summed E-state index contributed by atoms with van der Waals surface area (Å²) in [5.74, 6) is 0.990. The molecular formula is C18H24N2O. The van der Waals surface area contributed by atoms with Crippen molar-refractivity contribution in [1.82, 2.24) is 9.78 Å². The molecule has 1 aromatic carbocycles. The molecule has 0 radical (unpaired) electrons. The van der Waals surface area contributed by atoms with E-state index >= 15 is 0 Å². The van der Waals surface area contributed by atoms with Gasteiger partial charge in [-0.25, -0.2) is 0 Å². The topological polar surface area (TPSA) is 27.1 Å². The number of hydrogen-bond donors (Lipinski definition) is 0. The average molecular weight is 284 g/mol. The minimum atomic E-state index is 0.547. The fourth-order valence-corrected chi connectivity index (χ4v) is 3.18. The summed E-state index contributed by atoms with van der Waals surface area (Å²) >= 11 is 0. The van der Waals surface area contributed by atoms with E-state index < -0.39 is 0 Å². The molecule has 0 N–H and O–H groups in total. The van der Waals surface area contributed by atoms with Crippen molar-refractivity contribution in [1.29, 1.82) is 0 Å². The van der Waals surface area contributed by atoms with Gasteiger partial charge in [0, 0.05) is 6.20 Å². The van der Waals surface area contributed by atoms with Crippen LogP contribution >= 0.6 is 0 Å². The van der Waals surface area contributed by atoms with Crippen molar-refractivity contribution in [3.63, 3.8) is 0 Å². The van der Waals surface area contributed by atoms with Gasteiger partial charge >= 0.3 is 0 Å². The lowest BCUT2D eigenvalue weighted by molar-refractivity contribution is 0.288. The second-order valence-electron chi connectivity index (χ2n) is 6.09. The highest BCUT2D eigenvalue weighted by Crippen LogP contribution is 2.28. The van der Waals surface area contributed by atoms with E-state index in [0.717, 1.165) is 11.4 Å². The smallest absolute Gasteiger partial charge is 0.132 e. The molecule has 2 aromatic rings. The zero-order valence-corrected chi connectivity index (χ0v) is 13.0. The molecule has 1 aliphatic rings. The maximum atomic E-state index is 5.98. The van der Waals surface area contributed by atoms with E-state index in [4.69, 9.17) is 9.84 Å². The van der Waals surface area contributed by atoms with Crippen molar-refractivity contribution in [2.24, 2.45) is 0 Å². The molecule has 3 rings (SSSR count). The standard InChI is InChI=1S/C18H24N2O/c1-14-7-6-8-15(2)18(14)21-13-16-11-12-20(19-16)17-9-4-3-5-10-17/h6-8,11-12,17H,3-5,9-10,13H2,1-2H3. The van der Waals surface area contributed by atoms with Crippen molar-refractivity contribution < 1.29 is 4.74 Å². The lowest BCUT2D eigenvalue weighted by Crippen LogP contribution is -2.13. The van der Waals surface area contributed by atoms with Gasteiger partial charge in [0.05, 0.1) is 11.7 Å². The summed E-state index contributed by atoms with van der Waals surface area (Å²) in [6, 6.07) is 8.91. The Morgan fingerprint density at radius 2 is 1.81 bits per heavy atom. The number of nitrogens with zero attached hydrogens (tertiary/aromatic N) is 2. The molecule has 0 unspecified atom stereocenters. The van der Waals surface area contributed by atoms with E-state index in [0.29, 0.717) is 12.6 Å². The van der Waals surface area contributed by atoms with Gasteiger partial charge in [-0.15, -0.1) is 0 Å². The van der Waals surface area contributed by atoms with Gasteiger partial charge in [0.25, 0.3) is 0 Å². The molecule has 1 saturated carbocycles. The van der Waals surface area contributed by atoms with Gasteiger partial charge in [0.2, 0.25) is 0 Å². The normalized spacial score (nSPS) is 16.1. The molecule has 1 fully saturated rings. The fraction of sp³-hybridized carbons (Fsp3) is 0.500. The molecule has 1 aliphatic carbocycles. The molecule has 3 heteroatoms. The molecule has 0 spiro atoms. The number of para-hydroxylation sites is 1. The largest absolute Gasteiger partial charge is 0.487 e. The van der Waals surface area contributed by atoms with E-state index in [9.17, 15) is 0 Å². The lowest BCUT2D eigenvalue weighted by atomic mass is 9.96. The first-order chi connectivity index (χ1) is 10.2. The van der Waals surface area contributed by atoms with Crippen LogP contribution in [0.25, 0.3) is 0 Å². The van der Waals surface area contributed by atoms with Crippen molar-refractivity contribution in [3.05, 3.63) is 47.3 Å². The first-order valence-corrected chi connectivity index (χ1v) is 7.97. The van der Waals surface area contributed by atoms with Gasteiger partial charge < -0.3 is 4.74 Å². The van der Waals surface area contributed by atoms with E-state index in [-0.39, 0.29) is 0 Å². The fourth-order valence-electron chi connectivity index (χ4n) is 3.18. The highest BCUT2D eigenvalue weighted by molar-refractivity contribution is 5.39. The molecule has 0 bridgehead atoms. The molecule has 112 valence electrons. The maximum absolute atomic E-state index is 5.98. The SMILES string of the molecule is Cc1cccc(C)c1OCc1ccn(C2CCCCC2)n1. The zero-order valence-electron chi connectivity index (χ0n) is 13.0. The quantitative estimate of drug-likeness (QED) is 0.821. The molecule has 1 heterocycles. The van der Waals surface area contributed by atoms with Gasteiger partial charge in [-0.05, 0) is 43.9 Å². The molecule has 0 aliphatic heterocycles. The Morgan fingerprint density at radius 1 is 1.10 bits per heavy atom. The van der Waals surface area contributed by atoms with Crippen LogP contribution in [0.15, 0.2) is 30.5 Å². The number of rotatable bonds is 4. The predicted molar refractivity (Wildman–Crippen MR) is 84.6 cm³/mol. The zero-order chi connectivity index (χ0) is 14.7. The van der Waals surface area contributed by atoms with Crippen molar-refractivity contribution in [2.45, 2.75) is 58.6 Å². The second-order valence-corrected chi connectivity index (χ2v) is 6.09. The Balaban J connectivity index is 1.64. The molecule has 0 atom stereocenters. The number of aryl methyl sites for hydroxylation is 2. The number of hydrogen-bond acceptors (Lipinski definition) is 2. The summed E-state index contributed by atoms with van der Waals surface area (Å²) in [5, 5.41) is 4.70. The van der Waals surface area contributed by atoms with E-state index in [2.05, 4.69) is 49.0 Å². The third-order valence-electron chi connectivity index (χ3n) is 4.39. The minimum absolute atomic E-state index is 0.547. The maximum Gasteiger partial charge on any atom is 0.132 e. The van der Waals surface area contributed by atoms with Crippen molar-refractivity contribution in [3.8, 4) is 5.75 Å². The minimum Gasteiger partial charge on any atom is -0.487 e. The van der Waals surface area contributed by atoms with Crippen LogP contribution in [0.4, 0.5) is 0 Å². The predicted octanol–water partition coefficient (Wildman–Crippen LogP) is 4.58. The molecule has 0 saturated heterocycles. The first kappa shape index (κ1) is 14.2. The molecule has 3 nitrogen and oxygen atoms in total. The van der Waals surface area contributed by atoms with Gasteiger partial charge in [0.1, 0.15) is 12.4 Å². The lowest BCUT2D eigenvalue weighted by Gasteiger charge is -2.21. The average Bonchev–Trinajstić information content (AvgIpc) is 2.97. The van der Waals surface area contributed by atoms with Crippen LogP contribution in [0.3, 0.4) is 0 Å². The van der Waals surface area contributed by atoms with Crippen molar-refractivity contribution >= 4 is 0 Å². The Morgan fingerprint density at radius 3 is 2.52 bits per heavy atom. The number of aromatic nitrogens is 2. The van der Waals surface area contributed by atoms with Crippen LogP contribution < -0.4 is 4.74 Å². The monoisotopic (exact) mass is 284 g/mol. The van der Waals surface area contributed by atoms with Crippen LogP contribution in [-0.4, -0.2) is 9.78 Å². The Kier molecular flexibility index (Phi) is 4.28. The summed E-state index contributed by atoms with van der Waals surface area (Å²) in [4.78, 5) is 0. The highest BCUT2D eigenvalue weighted by atomic mass is 16.5. The molecule has 21 heavy (non-hydrogen) atoms. The van der Waals surface area contributed by atoms with Crippen LogP contribution in [0.2, 0.25) is 0 Å². The van der Waals surface area contributed by atoms with Crippen molar-refractivity contribution in [2.75, 3.05) is 0 Å². The third kappa shape index (κ3) is 3.29. The summed E-state index contributed by atoms with van der Waals surface area (Å²) in [5.41, 5.74) is 3.38. The van der Waals surface area contributed by atoms with Gasteiger partial charge in [-0.3, -0.25) is 4.68 Å². The van der Waals surface area contributed by atoms with Gasteiger partial charge in [-0.2, -0.15) is 5.10 Å². The van der Waals surface area contributed by atoms with Gasteiger partial charge in [-0.1, -0.05) is 37.5 Å². The third-order valence-corrected chi connectivity index (χ3v) is 4.39. The summed E-state index contributed by atoms with van der Waals surface area (Å²) in [7, 11) is 0. The Bertz CT molecular complexity index is 577. The van der Waals surface area contributed by atoms with E-state index in [1.165, 1.54) is 43.2 Å². The summed E-state index contributed by atoms with van der Waals surface area (Å²) in [6.07, 6.45) is 8.68. The van der Waals surface area contributed by atoms with Crippen LogP contribution in [0, 0.1) is 13.8 Å². The molecule has 0 amide bonds. The van der Waals surface area contributed by atoms with Crippen LogP contribution in [-0.2, 0) is 6.61 Å². The number of benzene rings is 1. The van der Waals surface area contributed by atoms with E-state index in [1.54, 1.807) is 0 Å². The number of ether oxygens (including phenoxy) is 1. The summed E-state index contributed by atoms with van der Waals surface area (Å²) < 4.78 is 8.12. The highest BCUT2D eigenvalue weighted by Gasteiger charge is 2.16. The van der Waals surface area contributed by atoms with E-state index in [1.807, 2.05) is 0 Å². The summed E-state index contributed by atoms with van der Waals surface area (Å²) in [6.45, 7) is 4.72. The first-order valence-electron chi connectivity index (χ1n) is 7.97. The molecular weight excluding hydrogens is 260 g/mol. The molecule has 1 aromatic heterocycles. The second kappa shape index (κ2) is 6.33. The Labute approximate surface area is 126 Å². The Hall–Kier alpha value is -1.77. The van der Waals surface area contributed by atoms with Crippen LogP contribution in [0.5, 0.6) is 5.75 Å². The van der Waals surface area contributed by atoms with Gasteiger partial charge in [0.15, 0.2) is 0 Å². The van der Waals surface area contributed by atoms with Crippen LogP contribution in [0.1, 0.15) is 55.0 Å².